The second-order valence-electron chi connectivity index (χ2n) is 2.73. The second-order valence-corrected chi connectivity index (χ2v) is 3.17. The lowest BCUT2D eigenvalue weighted by Crippen LogP contribution is -2.10. The fraction of sp³-hybridized carbons (Fsp3) is 0.375. The summed E-state index contributed by atoms with van der Waals surface area (Å²) in [5.74, 6) is 0.979. The van der Waals surface area contributed by atoms with Crippen molar-refractivity contribution < 1.29 is 0 Å². The minimum absolute atomic E-state index is 0.433. The quantitative estimate of drug-likeness (QED) is 0.664. The van der Waals surface area contributed by atoms with E-state index in [9.17, 15) is 0 Å². The Labute approximate surface area is 71.7 Å². The second kappa shape index (κ2) is 3.53. The van der Waals surface area contributed by atoms with Gasteiger partial charge in [0.1, 0.15) is 10.5 Å². The number of aromatic amines is 1. The summed E-state index contributed by atoms with van der Waals surface area (Å²) in [5.41, 5.74) is 0. The highest BCUT2D eigenvalue weighted by Crippen LogP contribution is 2.02. The molecule has 1 aromatic heterocycles. The third-order valence-corrected chi connectivity index (χ3v) is 1.45. The zero-order valence-electron chi connectivity index (χ0n) is 6.72. The van der Waals surface area contributed by atoms with Crippen molar-refractivity contribution in [1.29, 1.82) is 0 Å². The van der Waals surface area contributed by atoms with Gasteiger partial charge in [-0.25, -0.2) is 0 Å². The Bertz CT molecular complexity index is 277. The van der Waals surface area contributed by atoms with Crippen molar-refractivity contribution >= 4 is 18.0 Å². The predicted octanol–water partition coefficient (Wildman–Crippen LogP) is 2.56. The molecule has 60 valence electrons. The average molecular weight is 168 g/mol. The van der Waals surface area contributed by atoms with Crippen LogP contribution in [0.25, 0.3) is 0 Å². The normalized spacial score (nSPS) is 10.1. The largest absolute Gasteiger partial charge is 0.369 e. The maximum absolute atomic E-state index is 4.96. The van der Waals surface area contributed by atoms with Crippen molar-refractivity contribution in [3.8, 4) is 0 Å². The highest BCUT2D eigenvalue weighted by molar-refractivity contribution is 7.71. The molecule has 2 nitrogen and oxygen atoms in total. The molecule has 0 aliphatic rings. The lowest BCUT2D eigenvalue weighted by Gasteiger charge is -2.08. The van der Waals surface area contributed by atoms with Gasteiger partial charge in [0.05, 0.1) is 0 Å². The molecule has 0 aromatic carbocycles. The Hall–Kier alpha value is -0.830. The average Bonchev–Trinajstić information content (AvgIpc) is 1.85. The van der Waals surface area contributed by atoms with Gasteiger partial charge in [-0.1, -0.05) is 18.3 Å². The molecular weight excluding hydrogens is 156 g/mol. The highest BCUT2D eigenvalue weighted by atomic mass is 32.1. The minimum Gasteiger partial charge on any atom is -0.369 e. The van der Waals surface area contributed by atoms with Crippen LogP contribution in [-0.4, -0.2) is 11.0 Å². The molecule has 0 atom stereocenters. The third-order valence-electron chi connectivity index (χ3n) is 1.21. The highest BCUT2D eigenvalue weighted by Gasteiger charge is 1.92. The van der Waals surface area contributed by atoms with Crippen LogP contribution in [0.5, 0.6) is 0 Å². The van der Waals surface area contributed by atoms with E-state index in [0.717, 1.165) is 10.5 Å². The molecule has 0 saturated carbocycles. The van der Waals surface area contributed by atoms with Crippen LogP contribution in [0.4, 0.5) is 5.82 Å². The van der Waals surface area contributed by atoms with Gasteiger partial charge in [-0.2, -0.15) is 0 Å². The van der Waals surface area contributed by atoms with Crippen LogP contribution in [0.1, 0.15) is 13.8 Å². The number of hydrogen-bond donors (Lipinski definition) is 2. The number of H-pyrrole nitrogens is 1. The Morgan fingerprint density at radius 2 is 2.18 bits per heavy atom. The zero-order valence-corrected chi connectivity index (χ0v) is 7.53. The minimum atomic E-state index is 0.433. The lowest BCUT2D eigenvalue weighted by molar-refractivity contribution is 0.888. The molecule has 0 spiro atoms. The fourth-order valence-corrected chi connectivity index (χ4v) is 1.03. The molecule has 1 heterocycles. The van der Waals surface area contributed by atoms with Gasteiger partial charge in [-0.15, -0.1) is 0 Å². The summed E-state index contributed by atoms with van der Waals surface area (Å²) in [6.45, 7) is 4.17. The Morgan fingerprint density at radius 1 is 1.45 bits per heavy atom. The monoisotopic (exact) mass is 168 g/mol. The van der Waals surface area contributed by atoms with Gasteiger partial charge in [0.25, 0.3) is 0 Å². The summed E-state index contributed by atoms with van der Waals surface area (Å²) < 4.78 is 0.760. The first-order valence-electron chi connectivity index (χ1n) is 3.64. The van der Waals surface area contributed by atoms with E-state index in [2.05, 4.69) is 24.1 Å². The van der Waals surface area contributed by atoms with E-state index in [1.54, 1.807) is 0 Å². The molecule has 0 bridgehead atoms. The Morgan fingerprint density at radius 3 is 2.73 bits per heavy atom. The molecule has 0 amide bonds. The third kappa shape index (κ3) is 2.72. The van der Waals surface area contributed by atoms with E-state index in [1.165, 1.54) is 0 Å². The Balaban J connectivity index is 2.80. The van der Waals surface area contributed by atoms with Crippen LogP contribution in [0, 0.1) is 4.64 Å². The maximum atomic E-state index is 4.96. The standard InChI is InChI=1S/C8H12N2S/c1-6(2)9-7-4-3-5-8(11)10-7/h3-6H,1-2H3,(H2,9,10,11). The predicted molar refractivity (Wildman–Crippen MR) is 50.4 cm³/mol. The van der Waals surface area contributed by atoms with E-state index >= 15 is 0 Å². The van der Waals surface area contributed by atoms with Gasteiger partial charge in [-0.05, 0) is 26.0 Å². The van der Waals surface area contributed by atoms with Crippen molar-refractivity contribution in [2.24, 2.45) is 0 Å². The van der Waals surface area contributed by atoms with Gasteiger partial charge < -0.3 is 10.3 Å². The van der Waals surface area contributed by atoms with Crippen LogP contribution >= 0.6 is 12.2 Å². The fourth-order valence-electron chi connectivity index (χ4n) is 0.843. The first-order valence-corrected chi connectivity index (χ1v) is 4.05. The molecule has 0 unspecified atom stereocenters. The van der Waals surface area contributed by atoms with E-state index in [-0.39, 0.29) is 0 Å². The van der Waals surface area contributed by atoms with Crippen molar-refractivity contribution in [2.45, 2.75) is 19.9 Å². The summed E-state index contributed by atoms with van der Waals surface area (Å²) in [6, 6.07) is 6.20. The molecule has 1 aromatic rings. The molecule has 0 aliphatic heterocycles. The van der Waals surface area contributed by atoms with Gasteiger partial charge in [0.15, 0.2) is 0 Å². The molecule has 0 radical (unpaired) electrons. The van der Waals surface area contributed by atoms with Crippen molar-refractivity contribution in [2.75, 3.05) is 5.32 Å². The first-order chi connectivity index (χ1) is 5.18. The molecule has 11 heavy (non-hydrogen) atoms. The van der Waals surface area contributed by atoms with E-state index in [1.807, 2.05) is 18.2 Å². The molecule has 0 aliphatic carbocycles. The van der Waals surface area contributed by atoms with E-state index in [0.29, 0.717) is 6.04 Å². The van der Waals surface area contributed by atoms with E-state index in [4.69, 9.17) is 12.2 Å². The summed E-state index contributed by atoms with van der Waals surface area (Å²) in [4.78, 5) is 3.04. The van der Waals surface area contributed by atoms with Gasteiger partial charge in [0, 0.05) is 6.04 Å². The summed E-state index contributed by atoms with van der Waals surface area (Å²) in [6.07, 6.45) is 0. The summed E-state index contributed by atoms with van der Waals surface area (Å²) in [5, 5.41) is 3.22. The molecule has 0 saturated heterocycles. The number of aromatic nitrogens is 1. The van der Waals surface area contributed by atoms with Crippen molar-refractivity contribution in [3.63, 3.8) is 0 Å². The van der Waals surface area contributed by atoms with E-state index < -0.39 is 0 Å². The van der Waals surface area contributed by atoms with Crippen LogP contribution in [-0.2, 0) is 0 Å². The number of nitrogens with one attached hydrogen (secondary N) is 2. The topological polar surface area (TPSA) is 27.8 Å². The zero-order chi connectivity index (χ0) is 8.27. The van der Waals surface area contributed by atoms with Crippen LogP contribution in [0.15, 0.2) is 18.2 Å². The smallest absolute Gasteiger partial charge is 0.104 e. The number of hydrogen-bond acceptors (Lipinski definition) is 2. The molecular formula is C8H12N2S. The van der Waals surface area contributed by atoms with Crippen molar-refractivity contribution in [3.05, 3.63) is 22.8 Å². The molecule has 0 fully saturated rings. The SMILES string of the molecule is CC(C)Nc1cccc(=S)[nH]1. The van der Waals surface area contributed by atoms with Gasteiger partial charge in [-0.3, -0.25) is 0 Å². The van der Waals surface area contributed by atoms with Crippen LogP contribution < -0.4 is 5.32 Å². The number of pyridine rings is 1. The lowest BCUT2D eigenvalue weighted by atomic mass is 10.4. The van der Waals surface area contributed by atoms with Crippen LogP contribution in [0.2, 0.25) is 0 Å². The van der Waals surface area contributed by atoms with Gasteiger partial charge in [0.2, 0.25) is 0 Å². The van der Waals surface area contributed by atoms with Crippen LogP contribution in [0.3, 0.4) is 0 Å². The van der Waals surface area contributed by atoms with Crippen molar-refractivity contribution in [1.82, 2.24) is 4.98 Å². The maximum Gasteiger partial charge on any atom is 0.104 e. The first kappa shape index (κ1) is 8.27. The number of anilines is 1. The summed E-state index contributed by atoms with van der Waals surface area (Å²) >= 11 is 4.96. The van der Waals surface area contributed by atoms with Gasteiger partial charge >= 0.3 is 0 Å². The number of rotatable bonds is 2. The summed E-state index contributed by atoms with van der Waals surface area (Å²) in [7, 11) is 0. The molecule has 2 N–H and O–H groups in total. The molecule has 3 heteroatoms. The molecule has 1 rings (SSSR count). The Kier molecular flexibility index (Phi) is 2.65.